The number of anilines is 2. The number of hydrogen-bond acceptors (Lipinski definition) is 7. The Morgan fingerprint density at radius 3 is 2.32 bits per heavy atom. The van der Waals surface area contributed by atoms with Crippen molar-refractivity contribution in [3.63, 3.8) is 0 Å². The van der Waals surface area contributed by atoms with Crippen molar-refractivity contribution in [2.75, 3.05) is 36.0 Å². The predicted molar refractivity (Wildman–Crippen MR) is 78.8 cm³/mol. The third-order valence-corrected chi connectivity index (χ3v) is 4.23. The van der Waals surface area contributed by atoms with E-state index in [1.54, 1.807) is 12.4 Å². The summed E-state index contributed by atoms with van der Waals surface area (Å²) < 4.78 is 5.13. The van der Waals surface area contributed by atoms with Crippen molar-refractivity contribution < 1.29 is 0 Å². The maximum atomic E-state index is 4.42. The molecule has 1 fully saturated rings. The van der Waals surface area contributed by atoms with Crippen molar-refractivity contribution in [2.45, 2.75) is 6.92 Å². The van der Waals surface area contributed by atoms with Crippen LogP contribution in [0.3, 0.4) is 0 Å². The number of nitrogens with zero attached hydrogens (tertiary/aromatic N) is 6. The van der Waals surface area contributed by atoms with Crippen LogP contribution in [0.4, 0.5) is 11.1 Å². The number of halogens is 1. The molecule has 0 amide bonds. The van der Waals surface area contributed by atoms with Gasteiger partial charge in [0.05, 0.1) is 4.47 Å². The van der Waals surface area contributed by atoms with Gasteiger partial charge in [0.15, 0.2) is 0 Å². The zero-order valence-electron chi connectivity index (χ0n) is 10.5. The highest BCUT2D eigenvalue weighted by molar-refractivity contribution is 9.10. The number of aryl methyl sites for hydroxylation is 1. The van der Waals surface area contributed by atoms with E-state index in [1.807, 2.05) is 6.92 Å². The molecule has 6 nitrogen and oxygen atoms in total. The van der Waals surface area contributed by atoms with E-state index >= 15 is 0 Å². The zero-order chi connectivity index (χ0) is 13.2. The Balaban J connectivity index is 1.64. The van der Waals surface area contributed by atoms with Crippen LogP contribution in [0.15, 0.2) is 16.9 Å². The number of rotatable bonds is 2. The fraction of sp³-hybridized carbons (Fsp3) is 0.455. The van der Waals surface area contributed by atoms with E-state index in [1.165, 1.54) is 11.5 Å². The molecule has 1 aliphatic heterocycles. The van der Waals surface area contributed by atoms with Crippen molar-refractivity contribution >= 4 is 38.5 Å². The van der Waals surface area contributed by atoms with E-state index in [2.05, 4.69) is 45.1 Å². The maximum absolute atomic E-state index is 4.42. The molecule has 8 heteroatoms. The van der Waals surface area contributed by atoms with Gasteiger partial charge in [-0.1, -0.05) is 0 Å². The second-order valence-electron chi connectivity index (χ2n) is 4.30. The summed E-state index contributed by atoms with van der Waals surface area (Å²) in [6.45, 7) is 5.58. The molecular formula is C11H13BrN6S. The van der Waals surface area contributed by atoms with Crippen molar-refractivity contribution in [2.24, 2.45) is 0 Å². The molecule has 0 saturated carbocycles. The van der Waals surface area contributed by atoms with E-state index in [9.17, 15) is 0 Å². The van der Waals surface area contributed by atoms with Crippen molar-refractivity contribution in [1.82, 2.24) is 19.3 Å². The first-order chi connectivity index (χ1) is 9.22. The van der Waals surface area contributed by atoms with Gasteiger partial charge in [0.1, 0.15) is 5.82 Å². The lowest BCUT2D eigenvalue weighted by atomic mass is 10.3. The third kappa shape index (κ3) is 2.84. The van der Waals surface area contributed by atoms with Gasteiger partial charge in [0.2, 0.25) is 11.1 Å². The largest absolute Gasteiger partial charge is 0.343 e. The quantitative estimate of drug-likeness (QED) is 0.829. The second-order valence-corrected chi connectivity index (χ2v) is 5.95. The molecule has 0 atom stereocenters. The van der Waals surface area contributed by atoms with Crippen LogP contribution in [0.25, 0.3) is 0 Å². The number of hydrogen-bond donors (Lipinski definition) is 0. The van der Waals surface area contributed by atoms with Crippen LogP contribution < -0.4 is 9.80 Å². The Morgan fingerprint density at radius 1 is 1.11 bits per heavy atom. The van der Waals surface area contributed by atoms with Crippen molar-refractivity contribution in [3.05, 3.63) is 22.7 Å². The monoisotopic (exact) mass is 340 g/mol. The standard InChI is InChI=1S/C11H13BrN6S/c1-8-15-11(19-16-8)18-4-2-17(3-5-18)10-13-6-9(12)7-14-10/h6-7H,2-5H2,1H3. The molecule has 0 N–H and O–H groups in total. The van der Waals surface area contributed by atoms with Gasteiger partial charge in [-0.3, -0.25) is 0 Å². The van der Waals surface area contributed by atoms with Crippen LogP contribution in [-0.2, 0) is 0 Å². The van der Waals surface area contributed by atoms with Crippen LogP contribution in [0, 0.1) is 6.92 Å². The molecule has 0 unspecified atom stereocenters. The number of aromatic nitrogens is 4. The van der Waals surface area contributed by atoms with E-state index in [-0.39, 0.29) is 0 Å². The minimum Gasteiger partial charge on any atom is -0.343 e. The summed E-state index contributed by atoms with van der Waals surface area (Å²) >= 11 is 4.81. The first-order valence-corrected chi connectivity index (χ1v) is 7.57. The normalized spacial score (nSPS) is 15.9. The van der Waals surface area contributed by atoms with Crippen LogP contribution >= 0.6 is 27.5 Å². The summed E-state index contributed by atoms with van der Waals surface area (Å²) in [6, 6.07) is 0. The van der Waals surface area contributed by atoms with Crippen molar-refractivity contribution in [3.8, 4) is 0 Å². The minimum atomic E-state index is 0.788. The van der Waals surface area contributed by atoms with Gasteiger partial charge in [-0.15, -0.1) is 0 Å². The first kappa shape index (κ1) is 12.7. The van der Waals surface area contributed by atoms with Gasteiger partial charge in [-0.25, -0.2) is 15.0 Å². The Kier molecular flexibility index (Phi) is 3.61. The van der Waals surface area contributed by atoms with Gasteiger partial charge in [0, 0.05) is 50.1 Å². The molecule has 0 aliphatic carbocycles. The van der Waals surface area contributed by atoms with Crippen LogP contribution in [0.1, 0.15) is 5.82 Å². The SMILES string of the molecule is Cc1nsc(N2CCN(c3ncc(Br)cn3)CC2)n1. The summed E-state index contributed by atoms with van der Waals surface area (Å²) in [4.78, 5) is 17.5. The van der Waals surface area contributed by atoms with E-state index in [4.69, 9.17) is 0 Å². The van der Waals surface area contributed by atoms with Crippen LogP contribution in [-0.4, -0.2) is 45.5 Å². The molecule has 0 spiro atoms. The lowest BCUT2D eigenvalue weighted by Crippen LogP contribution is -2.47. The van der Waals surface area contributed by atoms with Crippen molar-refractivity contribution in [1.29, 1.82) is 0 Å². The average Bonchev–Trinajstić information content (AvgIpc) is 2.87. The van der Waals surface area contributed by atoms with Gasteiger partial charge in [-0.05, 0) is 22.9 Å². The topological polar surface area (TPSA) is 58.0 Å². The molecule has 3 rings (SSSR count). The molecule has 0 bridgehead atoms. The minimum absolute atomic E-state index is 0.788. The summed E-state index contributed by atoms with van der Waals surface area (Å²) in [5, 5.41) is 1.01. The summed E-state index contributed by atoms with van der Waals surface area (Å²) in [6.07, 6.45) is 3.56. The van der Waals surface area contributed by atoms with E-state index < -0.39 is 0 Å². The second kappa shape index (κ2) is 5.38. The molecule has 1 aliphatic rings. The van der Waals surface area contributed by atoms with Gasteiger partial charge < -0.3 is 9.80 Å². The molecule has 2 aromatic rings. The van der Waals surface area contributed by atoms with Gasteiger partial charge in [-0.2, -0.15) is 4.37 Å². The molecule has 0 radical (unpaired) electrons. The highest BCUT2D eigenvalue weighted by Gasteiger charge is 2.21. The smallest absolute Gasteiger partial charge is 0.225 e. The Bertz CT molecular complexity index is 549. The Hall–Kier alpha value is -1.28. The van der Waals surface area contributed by atoms with E-state index in [0.717, 1.165) is 47.6 Å². The Morgan fingerprint density at radius 2 is 1.74 bits per heavy atom. The zero-order valence-corrected chi connectivity index (χ0v) is 12.9. The molecule has 3 heterocycles. The van der Waals surface area contributed by atoms with Crippen LogP contribution in [0.2, 0.25) is 0 Å². The summed E-state index contributed by atoms with van der Waals surface area (Å²) in [7, 11) is 0. The lowest BCUT2D eigenvalue weighted by Gasteiger charge is -2.34. The fourth-order valence-corrected chi connectivity index (χ4v) is 2.91. The molecule has 1 saturated heterocycles. The first-order valence-electron chi connectivity index (χ1n) is 6.00. The predicted octanol–water partition coefficient (Wildman–Crippen LogP) is 1.73. The summed E-state index contributed by atoms with van der Waals surface area (Å²) in [5.74, 6) is 1.63. The van der Waals surface area contributed by atoms with Gasteiger partial charge in [0.25, 0.3) is 0 Å². The summed E-state index contributed by atoms with van der Waals surface area (Å²) in [5.41, 5.74) is 0. The molecular weight excluding hydrogens is 328 g/mol. The number of piperazine rings is 1. The third-order valence-electron chi connectivity index (χ3n) is 2.96. The lowest BCUT2D eigenvalue weighted by molar-refractivity contribution is 0.638. The van der Waals surface area contributed by atoms with E-state index in [0.29, 0.717) is 0 Å². The molecule has 0 aromatic carbocycles. The van der Waals surface area contributed by atoms with Crippen LogP contribution in [0.5, 0.6) is 0 Å². The highest BCUT2D eigenvalue weighted by Crippen LogP contribution is 2.20. The Labute approximate surface area is 123 Å². The maximum Gasteiger partial charge on any atom is 0.225 e. The van der Waals surface area contributed by atoms with Gasteiger partial charge >= 0.3 is 0 Å². The molecule has 100 valence electrons. The highest BCUT2D eigenvalue weighted by atomic mass is 79.9. The fourth-order valence-electron chi connectivity index (χ4n) is 1.98. The average molecular weight is 341 g/mol. The molecule has 19 heavy (non-hydrogen) atoms. The molecule has 2 aromatic heterocycles.